The molecule has 21 heavy (non-hydrogen) atoms. The maximum Gasteiger partial charge on any atom is 0.390 e. The minimum absolute atomic E-state index is 0.293. The third kappa shape index (κ3) is 8.78. The number of nitrogens with one attached hydrogen (secondary N) is 2. The molecule has 0 aliphatic carbocycles. The summed E-state index contributed by atoms with van der Waals surface area (Å²) in [6.45, 7) is 2.98. The molecule has 4 nitrogen and oxygen atoms in total. The van der Waals surface area contributed by atoms with Gasteiger partial charge < -0.3 is 15.4 Å². The predicted octanol–water partition coefficient (Wildman–Crippen LogP) is 2.57. The average Bonchev–Trinajstić information content (AvgIpc) is 2.43. The quantitative estimate of drug-likeness (QED) is 0.462. The summed E-state index contributed by atoms with van der Waals surface area (Å²) in [4.78, 5) is 3.86. The Kier molecular flexibility index (Phi) is 7.42. The number of benzene rings is 1. The highest BCUT2D eigenvalue weighted by molar-refractivity contribution is 5.79. The van der Waals surface area contributed by atoms with Crippen molar-refractivity contribution in [2.45, 2.75) is 19.5 Å². The lowest BCUT2D eigenvalue weighted by Gasteiger charge is -2.12. The second kappa shape index (κ2) is 9.10. The van der Waals surface area contributed by atoms with E-state index in [1.807, 2.05) is 37.3 Å². The Morgan fingerprint density at radius 2 is 1.90 bits per heavy atom. The molecule has 118 valence electrons. The molecule has 0 atom stereocenters. The van der Waals surface area contributed by atoms with Crippen molar-refractivity contribution in [1.29, 1.82) is 0 Å². The maximum atomic E-state index is 12.1. The van der Waals surface area contributed by atoms with E-state index in [1.54, 1.807) is 0 Å². The van der Waals surface area contributed by atoms with E-state index in [4.69, 9.17) is 4.74 Å². The van der Waals surface area contributed by atoms with Crippen molar-refractivity contribution in [3.8, 4) is 5.75 Å². The zero-order valence-electron chi connectivity index (χ0n) is 11.9. The van der Waals surface area contributed by atoms with E-state index in [1.165, 1.54) is 0 Å². The van der Waals surface area contributed by atoms with Crippen LogP contribution in [0.25, 0.3) is 0 Å². The highest BCUT2D eigenvalue weighted by atomic mass is 19.4. The van der Waals surface area contributed by atoms with Gasteiger partial charge in [-0.2, -0.15) is 13.2 Å². The molecule has 0 bridgehead atoms. The number of rotatable bonds is 7. The number of alkyl halides is 3. The molecule has 0 aliphatic rings. The van der Waals surface area contributed by atoms with E-state index < -0.39 is 12.6 Å². The largest absolute Gasteiger partial charge is 0.492 e. The average molecular weight is 303 g/mol. The van der Waals surface area contributed by atoms with Crippen LogP contribution in [0, 0.1) is 0 Å². The number of hydrogen-bond acceptors (Lipinski definition) is 2. The van der Waals surface area contributed by atoms with Gasteiger partial charge in [0, 0.05) is 6.54 Å². The Balaban J connectivity index is 2.28. The Labute approximate surface area is 122 Å². The van der Waals surface area contributed by atoms with E-state index in [-0.39, 0.29) is 6.54 Å². The molecule has 0 heterocycles. The van der Waals surface area contributed by atoms with E-state index in [2.05, 4.69) is 15.6 Å². The fourth-order valence-corrected chi connectivity index (χ4v) is 1.49. The zero-order valence-corrected chi connectivity index (χ0v) is 11.9. The molecule has 0 aliphatic heterocycles. The monoisotopic (exact) mass is 303 g/mol. The maximum absolute atomic E-state index is 12.1. The normalized spacial score (nSPS) is 12.1. The van der Waals surface area contributed by atoms with Crippen LogP contribution in [0.1, 0.15) is 13.3 Å². The minimum atomic E-state index is -4.18. The Hall–Kier alpha value is -1.92. The van der Waals surface area contributed by atoms with Gasteiger partial charge in [-0.1, -0.05) is 18.2 Å². The molecule has 0 unspecified atom stereocenters. The van der Waals surface area contributed by atoms with Gasteiger partial charge in [-0.05, 0) is 19.1 Å². The molecule has 0 aromatic heterocycles. The zero-order chi connectivity index (χ0) is 15.6. The van der Waals surface area contributed by atoms with Gasteiger partial charge in [0.1, 0.15) is 12.4 Å². The van der Waals surface area contributed by atoms with Crippen LogP contribution in [-0.4, -0.2) is 38.4 Å². The summed E-state index contributed by atoms with van der Waals surface area (Å²) in [5.74, 6) is 1.11. The topological polar surface area (TPSA) is 45.7 Å². The van der Waals surface area contributed by atoms with Crippen molar-refractivity contribution >= 4 is 5.96 Å². The summed E-state index contributed by atoms with van der Waals surface area (Å²) < 4.78 is 41.6. The van der Waals surface area contributed by atoms with Crippen LogP contribution < -0.4 is 15.4 Å². The van der Waals surface area contributed by atoms with E-state index in [9.17, 15) is 13.2 Å². The van der Waals surface area contributed by atoms with Gasteiger partial charge in [-0.25, -0.2) is 0 Å². The molecule has 7 heteroatoms. The van der Waals surface area contributed by atoms with Crippen molar-refractivity contribution in [1.82, 2.24) is 10.6 Å². The van der Waals surface area contributed by atoms with Crippen LogP contribution in [0.5, 0.6) is 5.75 Å². The van der Waals surface area contributed by atoms with Crippen LogP contribution in [0.2, 0.25) is 0 Å². The van der Waals surface area contributed by atoms with Gasteiger partial charge in [-0.3, -0.25) is 4.99 Å². The highest BCUT2D eigenvalue weighted by Gasteiger charge is 2.26. The standard InChI is InChI=1S/C14H20F3N3O/c1-2-18-13(19-9-8-14(15,16)17)20-10-11-21-12-6-4-3-5-7-12/h3-7H,2,8-11H2,1H3,(H2,18,19,20). The molecule has 1 rings (SSSR count). The lowest BCUT2D eigenvalue weighted by molar-refractivity contribution is -0.132. The Bertz CT molecular complexity index is 421. The van der Waals surface area contributed by atoms with Gasteiger partial charge in [-0.15, -0.1) is 0 Å². The first-order chi connectivity index (χ1) is 10.0. The first kappa shape index (κ1) is 17.1. The van der Waals surface area contributed by atoms with Crippen LogP contribution in [-0.2, 0) is 0 Å². The number of para-hydroxylation sites is 1. The SMILES string of the molecule is CCNC(=NCCC(F)(F)F)NCCOc1ccccc1. The fraction of sp³-hybridized carbons (Fsp3) is 0.500. The molecule has 0 fully saturated rings. The molecule has 0 spiro atoms. The van der Waals surface area contributed by atoms with Crippen LogP contribution in [0.15, 0.2) is 35.3 Å². The van der Waals surface area contributed by atoms with Gasteiger partial charge in [0.25, 0.3) is 0 Å². The van der Waals surface area contributed by atoms with Crippen LogP contribution >= 0.6 is 0 Å². The highest BCUT2D eigenvalue weighted by Crippen LogP contribution is 2.18. The van der Waals surface area contributed by atoms with Crippen molar-refractivity contribution in [3.63, 3.8) is 0 Å². The Morgan fingerprint density at radius 3 is 2.52 bits per heavy atom. The smallest absolute Gasteiger partial charge is 0.390 e. The van der Waals surface area contributed by atoms with E-state index in [0.29, 0.717) is 25.7 Å². The summed E-state index contributed by atoms with van der Waals surface area (Å²) in [5, 5.41) is 5.81. The van der Waals surface area contributed by atoms with Gasteiger partial charge in [0.2, 0.25) is 0 Å². The predicted molar refractivity (Wildman–Crippen MR) is 76.6 cm³/mol. The Morgan fingerprint density at radius 1 is 1.19 bits per heavy atom. The second-order valence-corrected chi connectivity index (χ2v) is 4.21. The number of hydrogen-bond donors (Lipinski definition) is 2. The van der Waals surface area contributed by atoms with Crippen LogP contribution in [0.3, 0.4) is 0 Å². The first-order valence-corrected chi connectivity index (χ1v) is 6.78. The first-order valence-electron chi connectivity index (χ1n) is 6.78. The molecule has 0 radical (unpaired) electrons. The third-order valence-electron chi connectivity index (χ3n) is 2.42. The molecule has 0 saturated carbocycles. The summed E-state index contributed by atoms with van der Waals surface area (Å²) in [7, 11) is 0. The fourth-order valence-electron chi connectivity index (χ4n) is 1.49. The number of halogens is 3. The van der Waals surface area contributed by atoms with Crippen LogP contribution in [0.4, 0.5) is 13.2 Å². The van der Waals surface area contributed by atoms with Crippen molar-refractivity contribution in [2.75, 3.05) is 26.2 Å². The third-order valence-corrected chi connectivity index (χ3v) is 2.42. The van der Waals surface area contributed by atoms with Crippen molar-refractivity contribution < 1.29 is 17.9 Å². The second-order valence-electron chi connectivity index (χ2n) is 4.21. The molecule has 0 amide bonds. The summed E-state index contributed by atoms with van der Waals surface area (Å²) in [6, 6.07) is 9.30. The number of guanidine groups is 1. The van der Waals surface area contributed by atoms with Gasteiger partial charge in [0.15, 0.2) is 5.96 Å². The van der Waals surface area contributed by atoms with Crippen molar-refractivity contribution in [3.05, 3.63) is 30.3 Å². The minimum Gasteiger partial charge on any atom is -0.492 e. The lowest BCUT2D eigenvalue weighted by atomic mass is 10.3. The molecule has 1 aromatic carbocycles. The molecular weight excluding hydrogens is 283 g/mol. The molecule has 1 aromatic rings. The number of nitrogens with zero attached hydrogens (tertiary/aromatic N) is 1. The lowest BCUT2D eigenvalue weighted by Crippen LogP contribution is -2.39. The molecular formula is C14H20F3N3O. The number of ether oxygens (including phenoxy) is 1. The number of aliphatic imine (C=N–C) groups is 1. The van der Waals surface area contributed by atoms with Gasteiger partial charge in [0.05, 0.1) is 19.5 Å². The summed E-state index contributed by atoms with van der Waals surface area (Å²) >= 11 is 0. The molecule has 0 saturated heterocycles. The summed E-state index contributed by atoms with van der Waals surface area (Å²) in [6.07, 6.45) is -5.11. The van der Waals surface area contributed by atoms with E-state index in [0.717, 1.165) is 5.75 Å². The van der Waals surface area contributed by atoms with Gasteiger partial charge >= 0.3 is 6.18 Å². The summed E-state index contributed by atoms with van der Waals surface area (Å²) in [5.41, 5.74) is 0. The van der Waals surface area contributed by atoms with E-state index >= 15 is 0 Å². The molecule has 2 N–H and O–H groups in total. The van der Waals surface area contributed by atoms with Crippen molar-refractivity contribution in [2.24, 2.45) is 4.99 Å².